The molecule has 3 nitrogen and oxygen atoms in total. The zero-order valence-corrected chi connectivity index (χ0v) is 12.6. The summed E-state index contributed by atoms with van der Waals surface area (Å²) in [5.41, 5.74) is 1.83. The van der Waals surface area contributed by atoms with Gasteiger partial charge in [-0.15, -0.1) is 0 Å². The molecule has 0 aliphatic rings. The first kappa shape index (κ1) is 15.1. The summed E-state index contributed by atoms with van der Waals surface area (Å²) in [6, 6.07) is 11.2. The molecule has 0 fully saturated rings. The Bertz CT molecular complexity index is 558. The van der Waals surface area contributed by atoms with Gasteiger partial charge in [-0.2, -0.15) is 0 Å². The topological polar surface area (TPSA) is 31.4 Å². The number of benzene rings is 1. The fourth-order valence-corrected chi connectivity index (χ4v) is 2.01. The van der Waals surface area contributed by atoms with Gasteiger partial charge in [0.15, 0.2) is 0 Å². The highest BCUT2D eigenvalue weighted by Crippen LogP contribution is 2.20. The van der Waals surface area contributed by atoms with E-state index in [0.29, 0.717) is 22.5 Å². The van der Waals surface area contributed by atoms with Gasteiger partial charge in [-0.3, -0.25) is 0 Å². The molecule has 2 aromatic rings. The van der Waals surface area contributed by atoms with Crippen LogP contribution in [0.25, 0.3) is 0 Å². The third-order valence-corrected chi connectivity index (χ3v) is 3.33. The van der Waals surface area contributed by atoms with E-state index in [1.807, 2.05) is 24.3 Å². The highest BCUT2D eigenvalue weighted by molar-refractivity contribution is 6.32. The molecular weight excluding hydrogens is 297 g/mol. The standard InChI is InChI=1S/C15H15Cl2NO2/c1-19-9-8-11-2-4-12(5-3-11)20-10-14-13(16)6-7-15(17)18-14/h2-7H,8-10H2,1H3. The van der Waals surface area contributed by atoms with Gasteiger partial charge in [0.05, 0.1) is 17.3 Å². The quantitative estimate of drug-likeness (QED) is 0.751. The van der Waals surface area contributed by atoms with Crippen molar-refractivity contribution in [3.8, 4) is 5.75 Å². The molecule has 20 heavy (non-hydrogen) atoms. The van der Waals surface area contributed by atoms with Crippen molar-refractivity contribution in [1.29, 1.82) is 0 Å². The van der Waals surface area contributed by atoms with Crippen LogP contribution >= 0.6 is 23.2 Å². The van der Waals surface area contributed by atoms with E-state index in [1.54, 1.807) is 19.2 Å². The maximum absolute atomic E-state index is 6.03. The van der Waals surface area contributed by atoms with Crippen molar-refractivity contribution in [2.45, 2.75) is 13.0 Å². The van der Waals surface area contributed by atoms with E-state index < -0.39 is 0 Å². The highest BCUT2D eigenvalue weighted by atomic mass is 35.5. The number of aromatic nitrogens is 1. The van der Waals surface area contributed by atoms with Crippen molar-refractivity contribution >= 4 is 23.2 Å². The molecule has 1 heterocycles. The summed E-state index contributed by atoms with van der Waals surface area (Å²) >= 11 is 11.9. The zero-order chi connectivity index (χ0) is 14.4. The molecule has 1 aromatic heterocycles. The monoisotopic (exact) mass is 311 g/mol. The molecule has 106 valence electrons. The fraction of sp³-hybridized carbons (Fsp3) is 0.267. The van der Waals surface area contributed by atoms with Crippen molar-refractivity contribution in [2.24, 2.45) is 0 Å². The van der Waals surface area contributed by atoms with Crippen molar-refractivity contribution in [3.63, 3.8) is 0 Å². The number of hydrogen-bond donors (Lipinski definition) is 0. The highest BCUT2D eigenvalue weighted by Gasteiger charge is 2.04. The number of hydrogen-bond acceptors (Lipinski definition) is 3. The second-order valence-electron chi connectivity index (χ2n) is 4.24. The number of methoxy groups -OCH3 is 1. The Morgan fingerprint density at radius 3 is 2.50 bits per heavy atom. The summed E-state index contributed by atoms with van der Waals surface area (Å²) in [6.45, 7) is 0.999. The van der Waals surface area contributed by atoms with Crippen molar-refractivity contribution in [2.75, 3.05) is 13.7 Å². The summed E-state index contributed by atoms with van der Waals surface area (Å²) in [5.74, 6) is 0.768. The van der Waals surface area contributed by atoms with Gasteiger partial charge in [-0.25, -0.2) is 4.98 Å². The molecule has 0 saturated carbocycles. The van der Waals surface area contributed by atoms with Crippen LogP contribution in [0.5, 0.6) is 5.75 Å². The Balaban J connectivity index is 1.95. The second-order valence-corrected chi connectivity index (χ2v) is 5.03. The van der Waals surface area contributed by atoms with Gasteiger partial charge in [-0.1, -0.05) is 35.3 Å². The predicted octanol–water partition coefficient (Wildman–Crippen LogP) is 4.16. The summed E-state index contributed by atoms with van der Waals surface area (Å²) in [5, 5.41) is 0.953. The summed E-state index contributed by atoms with van der Waals surface area (Å²) in [7, 11) is 1.69. The predicted molar refractivity (Wildman–Crippen MR) is 80.6 cm³/mol. The lowest BCUT2D eigenvalue weighted by Gasteiger charge is -2.08. The average Bonchev–Trinajstić information content (AvgIpc) is 2.47. The first-order valence-corrected chi connectivity index (χ1v) is 6.96. The summed E-state index contributed by atoms with van der Waals surface area (Å²) < 4.78 is 10.7. The number of halogens is 2. The second kappa shape index (κ2) is 7.48. The largest absolute Gasteiger partial charge is 0.487 e. The first-order chi connectivity index (χ1) is 9.69. The average molecular weight is 312 g/mol. The van der Waals surface area contributed by atoms with Crippen LogP contribution in [-0.4, -0.2) is 18.7 Å². The molecule has 0 amide bonds. The van der Waals surface area contributed by atoms with Gasteiger partial charge in [0.25, 0.3) is 0 Å². The van der Waals surface area contributed by atoms with Crippen LogP contribution in [-0.2, 0) is 17.8 Å². The fourth-order valence-electron chi connectivity index (χ4n) is 1.68. The molecule has 0 unspecified atom stereocenters. The minimum atomic E-state index is 0.289. The molecule has 0 saturated heterocycles. The maximum atomic E-state index is 6.03. The third-order valence-electron chi connectivity index (χ3n) is 2.78. The van der Waals surface area contributed by atoms with E-state index in [2.05, 4.69) is 4.98 Å². The Kier molecular flexibility index (Phi) is 5.65. The molecule has 0 aliphatic carbocycles. The molecule has 0 bridgehead atoms. The van der Waals surface area contributed by atoms with Gasteiger partial charge in [0, 0.05) is 7.11 Å². The van der Waals surface area contributed by atoms with Crippen LogP contribution < -0.4 is 4.74 Å². The third kappa shape index (κ3) is 4.37. The first-order valence-electron chi connectivity index (χ1n) is 6.20. The van der Waals surface area contributed by atoms with Crippen LogP contribution in [0.3, 0.4) is 0 Å². The SMILES string of the molecule is COCCc1ccc(OCc2nc(Cl)ccc2Cl)cc1. The van der Waals surface area contributed by atoms with Crippen molar-refractivity contribution in [1.82, 2.24) is 4.98 Å². The number of pyridine rings is 1. The number of nitrogens with zero attached hydrogens (tertiary/aromatic N) is 1. The Morgan fingerprint density at radius 1 is 1.05 bits per heavy atom. The Hall–Kier alpha value is -1.29. The number of rotatable bonds is 6. The lowest BCUT2D eigenvalue weighted by molar-refractivity contribution is 0.202. The lowest BCUT2D eigenvalue weighted by Crippen LogP contribution is -2.00. The van der Waals surface area contributed by atoms with Crippen molar-refractivity contribution in [3.05, 3.63) is 57.8 Å². The van der Waals surface area contributed by atoms with Gasteiger partial charge in [0.1, 0.15) is 17.5 Å². The molecule has 0 N–H and O–H groups in total. The Labute approximate surface area is 128 Å². The molecule has 0 atom stereocenters. The lowest BCUT2D eigenvalue weighted by atomic mass is 10.1. The van der Waals surface area contributed by atoms with Gasteiger partial charge >= 0.3 is 0 Å². The van der Waals surface area contributed by atoms with Crippen molar-refractivity contribution < 1.29 is 9.47 Å². The van der Waals surface area contributed by atoms with E-state index in [1.165, 1.54) is 5.56 Å². The van der Waals surface area contributed by atoms with E-state index in [-0.39, 0.29) is 6.61 Å². The van der Waals surface area contributed by atoms with Gasteiger partial charge < -0.3 is 9.47 Å². The van der Waals surface area contributed by atoms with E-state index in [4.69, 9.17) is 32.7 Å². The smallest absolute Gasteiger partial charge is 0.132 e. The van der Waals surface area contributed by atoms with Crippen LogP contribution in [0, 0.1) is 0 Å². The molecule has 1 aromatic carbocycles. The van der Waals surface area contributed by atoms with Crippen LogP contribution in [0.4, 0.5) is 0 Å². The van der Waals surface area contributed by atoms with E-state index in [0.717, 1.165) is 12.2 Å². The van der Waals surface area contributed by atoms with E-state index in [9.17, 15) is 0 Å². The summed E-state index contributed by atoms with van der Waals surface area (Å²) in [6.07, 6.45) is 0.887. The normalized spacial score (nSPS) is 10.6. The number of ether oxygens (including phenoxy) is 2. The molecule has 0 spiro atoms. The van der Waals surface area contributed by atoms with Gasteiger partial charge in [0.2, 0.25) is 0 Å². The van der Waals surface area contributed by atoms with E-state index >= 15 is 0 Å². The minimum absolute atomic E-state index is 0.289. The molecule has 0 radical (unpaired) electrons. The summed E-state index contributed by atoms with van der Waals surface area (Å²) in [4.78, 5) is 4.14. The minimum Gasteiger partial charge on any atom is -0.487 e. The van der Waals surface area contributed by atoms with Crippen LogP contribution in [0.15, 0.2) is 36.4 Å². The van der Waals surface area contributed by atoms with Gasteiger partial charge in [-0.05, 0) is 36.2 Å². The molecule has 5 heteroatoms. The maximum Gasteiger partial charge on any atom is 0.132 e. The zero-order valence-electron chi connectivity index (χ0n) is 11.1. The van der Waals surface area contributed by atoms with Crippen LogP contribution in [0.1, 0.15) is 11.3 Å². The molecular formula is C15H15Cl2NO2. The molecule has 0 aliphatic heterocycles. The Morgan fingerprint density at radius 2 is 1.80 bits per heavy atom. The molecule has 2 rings (SSSR count). The van der Waals surface area contributed by atoms with Crippen LogP contribution in [0.2, 0.25) is 10.2 Å².